The molecule has 1 heterocycles. The molecule has 2 aromatic rings. The molecule has 0 aromatic heterocycles. The second-order valence-electron chi connectivity index (χ2n) is 6.13. The van der Waals surface area contributed by atoms with E-state index in [1.807, 2.05) is 19.1 Å². The number of hydrogen-bond donors (Lipinski definition) is 0. The van der Waals surface area contributed by atoms with Gasteiger partial charge in [-0.1, -0.05) is 23.7 Å². The Morgan fingerprint density at radius 2 is 2.00 bits per heavy atom. The highest BCUT2D eigenvalue weighted by molar-refractivity contribution is 6.31. The number of esters is 1. The molecular weight excluding hydrogens is 389 g/mol. The number of carbonyl (C=O) groups excluding carboxylic acids is 2. The molecule has 28 heavy (non-hydrogen) atoms. The van der Waals surface area contributed by atoms with Crippen molar-refractivity contribution >= 4 is 23.5 Å². The Morgan fingerprint density at radius 1 is 1.21 bits per heavy atom. The lowest BCUT2D eigenvalue weighted by Crippen LogP contribution is -2.34. The lowest BCUT2D eigenvalue weighted by molar-refractivity contribution is -0.151. The Morgan fingerprint density at radius 3 is 2.75 bits per heavy atom. The van der Waals surface area contributed by atoms with Crippen molar-refractivity contribution in [1.82, 2.24) is 4.90 Å². The SMILES string of the molecule is CCN(Cc1ccc2c(c1)OCO2)C(=O)COC(=O)Cc1c(F)cccc1Cl. The Labute approximate surface area is 166 Å². The molecule has 1 aliphatic rings. The van der Waals surface area contributed by atoms with Crippen LogP contribution in [0.4, 0.5) is 4.39 Å². The lowest BCUT2D eigenvalue weighted by atomic mass is 10.1. The first-order valence-electron chi connectivity index (χ1n) is 8.72. The highest BCUT2D eigenvalue weighted by Gasteiger charge is 2.19. The summed E-state index contributed by atoms with van der Waals surface area (Å²) in [5, 5.41) is 0.140. The van der Waals surface area contributed by atoms with E-state index in [2.05, 4.69) is 0 Å². The van der Waals surface area contributed by atoms with E-state index in [0.717, 1.165) is 5.56 Å². The van der Waals surface area contributed by atoms with Crippen molar-refractivity contribution in [3.8, 4) is 11.5 Å². The van der Waals surface area contributed by atoms with Gasteiger partial charge in [-0.2, -0.15) is 0 Å². The van der Waals surface area contributed by atoms with Gasteiger partial charge in [-0.15, -0.1) is 0 Å². The predicted octanol–water partition coefficient (Wildman–Crippen LogP) is 3.34. The van der Waals surface area contributed by atoms with Crippen LogP contribution in [-0.4, -0.2) is 36.7 Å². The Balaban J connectivity index is 1.54. The molecule has 3 rings (SSSR count). The van der Waals surface area contributed by atoms with Crippen LogP contribution in [0.5, 0.6) is 11.5 Å². The van der Waals surface area contributed by atoms with Gasteiger partial charge in [0.25, 0.3) is 5.91 Å². The Hall–Kier alpha value is -2.80. The molecule has 0 saturated heterocycles. The Kier molecular flexibility index (Phi) is 6.36. The van der Waals surface area contributed by atoms with Crippen LogP contribution in [0.15, 0.2) is 36.4 Å². The third-order valence-electron chi connectivity index (χ3n) is 4.28. The first-order chi connectivity index (χ1) is 13.5. The van der Waals surface area contributed by atoms with Gasteiger partial charge in [0.05, 0.1) is 6.42 Å². The van der Waals surface area contributed by atoms with Crippen LogP contribution >= 0.6 is 11.6 Å². The van der Waals surface area contributed by atoms with E-state index in [-0.39, 0.29) is 29.7 Å². The van der Waals surface area contributed by atoms with Crippen LogP contribution < -0.4 is 9.47 Å². The highest BCUT2D eigenvalue weighted by atomic mass is 35.5. The van der Waals surface area contributed by atoms with E-state index >= 15 is 0 Å². The zero-order valence-corrected chi connectivity index (χ0v) is 16.0. The first-order valence-corrected chi connectivity index (χ1v) is 9.10. The smallest absolute Gasteiger partial charge is 0.310 e. The summed E-state index contributed by atoms with van der Waals surface area (Å²) in [6.07, 6.45) is -0.340. The maximum absolute atomic E-state index is 13.7. The average Bonchev–Trinajstić information content (AvgIpc) is 3.15. The van der Waals surface area contributed by atoms with E-state index in [4.69, 9.17) is 25.8 Å². The van der Waals surface area contributed by atoms with Gasteiger partial charge >= 0.3 is 5.97 Å². The van der Waals surface area contributed by atoms with Crippen molar-refractivity contribution in [2.45, 2.75) is 19.9 Å². The predicted molar refractivity (Wildman–Crippen MR) is 99.7 cm³/mol. The fraction of sp³-hybridized carbons (Fsp3) is 0.300. The molecule has 0 N–H and O–H groups in total. The van der Waals surface area contributed by atoms with Gasteiger partial charge in [0, 0.05) is 23.7 Å². The number of halogens is 2. The molecule has 0 fully saturated rings. The van der Waals surface area contributed by atoms with Crippen LogP contribution in [0.25, 0.3) is 0 Å². The molecule has 1 aliphatic heterocycles. The fourth-order valence-electron chi connectivity index (χ4n) is 2.77. The van der Waals surface area contributed by atoms with E-state index in [1.165, 1.54) is 18.2 Å². The Bertz CT molecular complexity index is 869. The molecule has 2 aromatic carbocycles. The number of likely N-dealkylation sites (N-methyl/N-ethyl adjacent to an activating group) is 1. The molecule has 1 amide bonds. The van der Waals surface area contributed by atoms with Gasteiger partial charge in [0.15, 0.2) is 18.1 Å². The molecule has 148 valence electrons. The number of rotatable bonds is 7. The summed E-state index contributed by atoms with van der Waals surface area (Å²) in [5.74, 6) is -0.366. The van der Waals surface area contributed by atoms with Gasteiger partial charge < -0.3 is 19.1 Å². The first kappa shape index (κ1) is 19.9. The number of carbonyl (C=O) groups is 2. The number of nitrogens with zero attached hydrogens (tertiary/aromatic N) is 1. The van der Waals surface area contributed by atoms with Crippen molar-refractivity contribution in [3.05, 3.63) is 58.4 Å². The van der Waals surface area contributed by atoms with Crippen molar-refractivity contribution < 1.29 is 28.2 Å². The molecule has 0 spiro atoms. The minimum absolute atomic E-state index is 0.0503. The third kappa shape index (κ3) is 4.72. The zero-order chi connectivity index (χ0) is 20.1. The second kappa shape index (κ2) is 8.93. The number of ether oxygens (including phenoxy) is 3. The molecule has 0 radical (unpaired) electrons. The van der Waals surface area contributed by atoms with Crippen molar-refractivity contribution in [2.75, 3.05) is 19.9 Å². The number of benzene rings is 2. The summed E-state index contributed by atoms with van der Waals surface area (Å²) in [4.78, 5) is 25.9. The number of fused-ring (bicyclic) bond motifs is 1. The molecule has 0 saturated carbocycles. The summed E-state index contributed by atoms with van der Waals surface area (Å²) < 4.78 is 29.4. The maximum Gasteiger partial charge on any atom is 0.310 e. The van der Waals surface area contributed by atoms with E-state index in [1.54, 1.807) is 11.0 Å². The maximum atomic E-state index is 13.7. The summed E-state index contributed by atoms with van der Waals surface area (Å²) in [6, 6.07) is 9.59. The minimum atomic E-state index is -0.723. The summed E-state index contributed by atoms with van der Waals surface area (Å²) >= 11 is 5.90. The molecule has 0 unspecified atom stereocenters. The molecule has 6 nitrogen and oxygen atoms in total. The molecule has 0 bridgehead atoms. The summed E-state index contributed by atoms with van der Waals surface area (Å²) in [7, 11) is 0. The number of hydrogen-bond acceptors (Lipinski definition) is 5. The minimum Gasteiger partial charge on any atom is -0.455 e. The van der Waals surface area contributed by atoms with Crippen LogP contribution in [0.3, 0.4) is 0 Å². The topological polar surface area (TPSA) is 65.1 Å². The molecular formula is C20H19ClFNO5. The van der Waals surface area contributed by atoms with E-state index < -0.39 is 18.4 Å². The van der Waals surface area contributed by atoms with Crippen LogP contribution in [0.2, 0.25) is 5.02 Å². The van der Waals surface area contributed by atoms with Crippen molar-refractivity contribution in [3.63, 3.8) is 0 Å². The van der Waals surface area contributed by atoms with Crippen molar-refractivity contribution in [1.29, 1.82) is 0 Å². The molecule has 0 atom stereocenters. The van der Waals surface area contributed by atoms with Gasteiger partial charge in [-0.3, -0.25) is 9.59 Å². The second-order valence-corrected chi connectivity index (χ2v) is 6.54. The van der Waals surface area contributed by atoms with Crippen molar-refractivity contribution in [2.24, 2.45) is 0 Å². The van der Waals surface area contributed by atoms with Crippen LogP contribution in [0, 0.1) is 5.82 Å². The largest absolute Gasteiger partial charge is 0.455 e. The average molecular weight is 408 g/mol. The van der Waals surface area contributed by atoms with Gasteiger partial charge in [-0.05, 0) is 36.8 Å². The molecule has 8 heteroatoms. The highest BCUT2D eigenvalue weighted by Crippen LogP contribution is 2.32. The van der Waals surface area contributed by atoms with Crippen LogP contribution in [-0.2, 0) is 27.3 Å². The van der Waals surface area contributed by atoms with Crippen LogP contribution in [0.1, 0.15) is 18.1 Å². The zero-order valence-electron chi connectivity index (χ0n) is 15.2. The van der Waals surface area contributed by atoms with Gasteiger partial charge in [-0.25, -0.2) is 4.39 Å². The lowest BCUT2D eigenvalue weighted by Gasteiger charge is -2.21. The van der Waals surface area contributed by atoms with Gasteiger partial charge in [0.1, 0.15) is 5.82 Å². The third-order valence-corrected chi connectivity index (χ3v) is 4.64. The fourth-order valence-corrected chi connectivity index (χ4v) is 3.00. The standard InChI is InChI=1S/C20H19ClFNO5/c1-2-23(10-13-6-7-17-18(8-13)28-12-27-17)19(24)11-26-20(25)9-14-15(21)4-3-5-16(14)22/h3-8H,2,9-12H2,1H3. The quantitative estimate of drug-likeness (QED) is 0.659. The van der Waals surface area contributed by atoms with E-state index in [9.17, 15) is 14.0 Å². The molecule has 0 aliphatic carbocycles. The summed E-state index contributed by atoms with van der Waals surface area (Å²) in [6.45, 7) is 2.35. The van der Waals surface area contributed by atoms with E-state index in [0.29, 0.717) is 24.6 Å². The monoisotopic (exact) mass is 407 g/mol. The van der Waals surface area contributed by atoms with Gasteiger partial charge in [0.2, 0.25) is 6.79 Å². The summed E-state index contributed by atoms with van der Waals surface area (Å²) in [5.41, 5.74) is 0.915. The normalized spacial score (nSPS) is 12.0. The number of amides is 1.